The number of hydrogen-bond acceptors (Lipinski definition) is 3. The van der Waals surface area contributed by atoms with Crippen LogP contribution in [0.25, 0.3) is 10.8 Å². The van der Waals surface area contributed by atoms with Gasteiger partial charge in [-0.2, -0.15) is 0 Å². The summed E-state index contributed by atoms with van der Waals surface area (Å²) in [6.45, 7) is 5.18. The van der Waals surface area contributed by atoms with Crippen molar-refractivity contribution in [1.29, 1.82) is 0 Å². The van der Waals surface area contributed by atoms with Crippen LogP contribution in [-0.2, 0) is 16.1 Å². The average Bonchev–Trinajstić information content (AvgIpc) is 2.83. The molecule has 1 aliphatic carbocycles. The quantitative estimate of drug-likeness (QED) is 0.486. The molecule has 1 atom stereocenters. The molecular formula is C18H17NO2. The minimum absolute atomic E-state index is 0.225. The van der Waals surface area contributed by atoms with Crippen molar-refractivity contribution in [2.75, 3.05) is 0 Å². The molecule has 0 bridgehead atoms. The van der Waals surface area contributed by atoms with Crippen molar-refractivity contribution in [1.82, 2.24) is 0 Å². The fourth-order valence-corrected chi connectivity index (χ4v) is 2.99. The Morgan fingerprint density at radius 2 is 2.19 bits per heavy atom. The summed E-state index contributed by atoms with van der Waals surface area (Å²) in [5.74, 6) is -0.170. The molecule has 0 spiro atoms. The van der Waals surface area contributed by atoms with Crippen molar-refractivity contribution in [2.45, 2.75) is 19.8 Å². The second kappa shape index (κ2) is 5.52. The minimum Gasteiger partial charge on any atom is -0.318 e. The van der Waals surface area contributed by atoms with Gasteiger partial charge < -0.3 is 4.84 Å². The highest BCUT2D eigenvalue weighted by molar-refractivity contribution is 6.15. The van der Waals surface area contributed by atoms with Gasteiger partial charge in [-0.25, -0.2) is 4.79 Å². The van der Waals surface area contributed by atoms with Gasteiger partial charge in [0.05, 0.1) is 5.71 Å². The number of oxime groups is 1. The van der Waals surface area contributed by atoms with E-state index in [1.54, 1.807) is 0 Å². The first-order valence-electron chi connectivity index (χ1n) is 7.08. The molecule has 1 aliphatic rings. The Bertz CT molecular complexity index is 746. The number of fused-ring (bicyclic) bond motifs is 3. The lowest BCUT2D eigenvalue weighted by Crippen LogP contribution is -2.11. The number of carbonyl (C=O) groups excluding carboxylic acids is 1. The van der Waals surface area contributed by atoms with Crippen molar-refractivity contribution in [2.24, 2.45) is 11.1 Å². The number of nitrogens with zero attached hydrogens (tertiary/aromatic N) is 1. The van der Waals surface area contributed by atoms with Gasteiger partial charge in [-0.05, 0) is 29.2 Å². The third-order valence-electron chi connectivity index (χ3n) is 3.85. The van der Waals surface area contributed by atoms with E-state index in [-0.39, 0.29) is 5.92 Å². The van der Waals surface area contributed by atoms with E-state index in [0.29, 0.717) is 0 Å². The lowest BCUT2D eigenvalue weighted by Gasteiger charge is -2.09. The Labute approximate surface area is 123 Å². The van der Waals surface area contributed by atoms with E-state index in [1.807, 2.05) is 18.2 Å². The summed E-state index contributed by atoms with van der Waals surface area (Å²) < 4.78 is 0. The van der Waals surface area contributed by atoms with Crippen LogP contribution in [0, 0.1) is 5.92 Å². The number of rotatable bonds is 3. The molecule has 21 heavy (non-hydrogen) atoms. The summed E-state index contributed by atoms with van der Waals surface area (Å²) >= 11 is 0. The van der Waals surface area contributed by atoms with Gasteiger partial charge in [-0.3, -0.25) is 0 Å². The fourth-order valence-electron chi connectivity index (χ4n) is 2.99. The Hall–Kier alpha value is -2.42. The number of benzene rings is 2. The molecule has 2 aromatic rings. The van der Waals surface area contributed by atoms with Crippen LogP contribution in [0.5, 0.6) is 0 Å². The Balaban J connectivity index is 2.17. The van der Waals surface area contributed by atoms with E-state index in [9.17, 15) is 4.79 Å². The van der Waals surface area contributed by atoms with Gasteiger partial charge in [0.1, 0.15) is 0 Å². The standard InChI is InChI=1S/C18H17NO2/c1-3-6-15-11-14-10-9-13-7-4-5-8-16(13)17(14)18(15)19-21-12(2)20/h3-5,7-10,15H,1,6,11H2,2H3/b19-18+. The lowest BCUT2D eigenvalue weighted by molar-refractivity contribution is -0.140. The first kappa shape index (κ1) is 13.6. The topological polar surface area (TPSA) is 38.7 Å². The molecule has 0 radical (unpaired) electrons. The highest BCUT2D eigenvalue weighted by Gasteiger charge is 2.30. The molecule has 0 aliphatic heterocycles. The number of allylic oxidation sites excluding steroid dienone is 1. The second-order valence-corrected chi connectivity index (χ2v) is 5.31. The SMILES string of the molecule is C=CCC1Cc2ccc3ccccc3c2/C1=N/OC(C)=O. The normalized spacial score (nSPS) is 18.7. The van der Waals surface area contributed by atoms with E-state index in [2.05, 4.69) is 36.0 Å². The maximum Gasteiger partial charge on any atom is 0.331 e. The average molecular weight is 279 g/mol. The van der Waals surface area contributed by atoms with Crippen LogP contribution in [0.4, 0.5) is 0 Å². The molecule has 0 aromatic heterocycles. The highest BCUT2D eigenvalue weighted by Crippen LogP contribution is 2.35. The van der Waals surface area contributed by atoms with Gasteiger partial charge in [0.15, 0.2) is 0 Å². The van der Waals surface area contributed by atoms with Crippen molar-refractivity contribution >= 4 is 22.5 Å². The molecule has 0 saturated carbocycles. The molecule has 106 valence electrons. The summed E-state index contributed by atoms with van der Waals surface area (Å²) in [6, 6.07) is 12.5. The van der Waals surface area contributed by atoms with Crippen molar-refractivity contribution in [3.8, 4) is 0 Å². The van der Waals surface area contributed by atoms with Gasteiger partial charge in [0.2, 0.25) is 0 Å². The minimum atomic E-state index is -0.395. The summed E-state index contributed by atoms with van der Waals surface area (Å²) in [5.41, 5.74) is 3.23. The molecule has 1 unspecified atom stereocenters. The zero-order chi connectivity index (χ0) is 14.8. The molecule has 0 amide bonds. The third kappa shape index (κ3) is 2.47. The zero-order valence-corrected chi connectivity index (χ0v) is 12.0. The summed E-state index contributed by atoms with van der Waals surface area (Å²) in [4.78, 5) is 16.0. The van der Waals surface area contributed by atoms with Crippen molar-refractivity contribution < 1.29 is 9.63 Å². The van der Waals surface area contributed by atoms with Crippen LogP contribution in [0.2, 0.25) is 0 Å². The van der Waals surface area contributed by atoms with E-state index in [1.165, 1.54) is 17.9 Å². The highest BCUT2D eigenvalue weighted by atomic mass is 16.7. The van der Waals surface area contributed by atoms with Crippen LogP contribution in [-0.4, -0.2) is 11.7 Å². The molecule has 0 fully saturated rings. The molecule has 3 heteroatoms. The van der Waals surface area contributed by atoms with Gasteiger partial charge in [0, 0.05) is 18.4 Å². The van der Waals surface area contributed by atoms with Crippen LogP contribution >= 0.6 is 0 Å². The fraction of sp³-hybridized carbons (Fsp3) is 0.222. The second-order valence-electron chi connectivity index (χ2n) is 5.31. The maximum absolute atomic E-state index is 11.1. The molecule has 0 N–H and O–H groups in total. The van der Waals surface area contributed by atoms with Gasteiger partial charge in [-0.15, -0.1) is 6.58 Å². The monoisotopic (exact) mass is 279 g/mol. The largest absolute Gasteiger partial charge is 0.331 e. The summed E-state index contributed by atoms with van der Waals surface area (Å²) in [7, 11) is 0. The van der Waals surface area contributed by atoms with Crippen molar-refractivity contribution in [3.63, 3.8) is 0 Å². The molecular weight excluding hydrogens is 262 g/mol. The lowest BCUT2D eigenvalue weighted by atomic mass is 9.98. The smallest absolute Gasteiger partial charge is 0.318 e. The summed E-state index contributed by atoms with van der Waals surface area (Å²) in [5, 5.41) is 6.47. The number of carbonyl (C=O) groups is 1. The first-order valence-corrected chi connectivity index (χ1v) is 7.08. The Kier molecular flexibility index (Phi) is 3.57. The Morgan fingerprint density at radius 3 is 2.95 bits per heavy atom. The van der Waals surface area contributed by atoms with E-state index in [4.69, 9.17) is 4.84 Å². The molecule has 3 nitrogen and oxygen atoms in total. The van der Waals surface area contributed by atoms with Crippen LogP contribution in [0.3, 0.4) is 0 Å². The predicted molar refractivity (Wildman–Crippen MR) is 84.3 cm³/mol. The van der Waals surface area contributed by atoms with Gasteiger partial charge >= 0.3 is 5.97 Å². The zero-order valence-electron chi connectivity index (χ0n) is 12.0. The van der Waals surface area contributed by atoms with Crippen molar-refractivity contribution in [3.05, 3.63) is 60.2 Å². The van der Waals surface area contributed by atoms with E-state index in [0.717, 1.165) is 29.5 Å². The van der Waals surface area contributed by atoms with E-state index >= 15 is 0 Å². The van der Waals surface area contributed by atoms with Crippen LogP contribution in [0.1, 0.15) is 24.5 Å². The predicted octanol–water partition coefficient (Wildman–Crippen LogP) is 3.86. The molecule has 2 aromatic carbocycles. The first-order chi connectivity index (χ1) is 10.2. The maximum atomic E-state index is 11.1. The van der Waals surface area contributed by atoms with E-state index < -0.39 is 5.97 Å². The Morgan fingerprint density at radius 1 is 1.38 bits per heavy atom. The van der Waals surface area contributed by atoms with Gasteiger partial charge in [-0.1, -0.05) is 47.6 Å². The van der Waals surface area contributed by atoms with Crippen LogP contribution in [0.15, 0.2) is 54.2 Å². The third-order valence-corrected chi connectivity index (χ3v) is 3.85. The molecule has 0 saturated heterocycles. The summed E-state index contributed by atoms with van der Waals surface area (Å²) in [6.07, 6.45) is 3.62. The molecule has 3 rings (SSSR count). The van der Waals surface area contributed by atoms with Crippen LogP contribution < -0.4 is 0 Å². The van der Waals surface area contributed by atoms with Gasteiger partial charge in [0.25, 0.3) is 0 Å². The molecule has 0 heterocycles. The number of hydrogen-bond donors (Lipinski definition) is 0.